The van der Waals surface area contributed by atoms with Crippen molar-refractivity contribution in [2.24, 2.45) is 5.14 Å². The molecule has 0 amide bonds. The van der Waals surface area contributed by atoms with Crippen LogP contribution in [0.4, 0.5) is 11.4 Å². The van der Waals surface area contributed by atoms with Crippen LogP contribution in [0.5, 0.6) is 0 Å². The van der Waals surface area contributed by atoms with E-state index >= 15 is 0 Å². The fourth-order valence-corrected chi connectivity index (χ4v) is 3.54. The summed E-state index contributed by atoms with van der Waals surface area (Å²) in [6, 6.07) is 4.03. The Kier molecular flexibility index (Phi) is 4.44. The van der Waals surface area contributed by atoms with Crippen molar-refractivity contribution >= 4 is 32.7 Å². The number of rotatable bonds is 5. The highest BCUT2D eigenvalue weighted by Gasteiger charge is 2.28. The summed E-state index contributed by atoms with van der Waals surface area (Å²) in [5.41, 5.74) is 0.506. The van der Waals surface area contributed by atoms with Gasteiger partial charge >= 0.3 is 5.69 Å². The van der Waals surface area contributed by atoms with Gasteiger partial charge in [0.15, 0.2) is 4.90 Å². The minimum atomic E-state index is -4.18. The molecule has 0 radical (unpaired) electrons. The van der Waals surface area contributed by atoms with E-state index in [1.54, 1.807) is 11.9 Å². The lowest BCUT2D eigenvalue weighted by molar-refractivity contribution is -0.387. The molecule has 10 heteroatoms. The maximum absolute atomic E-state index is 11.5. The molecule has 0 aliphatic heterocycles. The second-order valence-corrected chi connectivity index (χ2v) is 7.14. The highest BCUT2D eigenvalue weighted by Crippen LogP contribution is 2.34. The SMILES string of the molecule is Cc1csc(CN(C)c2cccc(S(N)(=O)=O)c2[N+](=O)[O-])n1. The van der Waals surface area contributed by atoms with E-state index in [2.05, 4.69) is 4.98 Å². The third kappa shape index (κ3) is 3.40. The third-order valence-electron chi connectivity index (χ3n) is 2.92. The van der Waals surface area contributed by atoms with E-state index in [0.717, 1.165) is 16.8 Å². The van der Waals surface area contributed by atoms with Crippen molar-refractivity contribution in [2.45, 2.75) is 18.4 Å². The van der Waals surface area contributed by atoms with E-state index in [-0.39, 0.29) is 5.69 Å². The number of hydrogen-bond donors (Lipinski definition) is 1. The van der Waals surface area contributed by atoms with Gasteiger partial charge in [0.05, 0.1) is 11.5 Å². The fourth-order valence-electron chi connectivity index (χ4n) is 2.00. The number of nitro benzene ring substituents is 1. The summed E-state index contributed by atoms with van der Waals surface area (Å²) in [5, 5.41) is 19.0. The Labute approximate surface area is 131 Å². The highest BCUT2D eigenvalue weighted by molar-refractivity contribution is 7.89. The van der Waals surface area contributed by atoms with Crippen LogP contribution in [-0.4, -0.2) is 25.4 Å². The molecule has 2 N–H and O–H groups in total. The Morgan fingerprint density at radius 2 is 2.14 bits per heavy atom. The van der Waals surface area contributed by atoms with Gasteiger partial charge < -0.3 is 4.90 Å². The molecule has 2 rings (SSSR count). The molecule has 118 valence electrons. The van der Waals surface area contributed by atoms with Crippen LogP contribution in [-0.2, 0) is 16.6 Å². The number of nitro groups is 1. The molecule has 8 nitrogen and oxygen atoms in total. The first-order valence-electron chi connectivity index (χ1n) is 6.12. The van der Waals surface area contributed by atoms with Crippen molar-refractivity contribution in [1.29, 1.82) is 0 Å². The predicted octanol–water partition coefficient (Wildman–Crippen LogP) is 1.64. The lowest BCUT2D eigenvalue weighted by Crippen LogP contribution is -2.20. The molecule has 0 aliphatic rings. The summed E-state index contributed by atoms with van der Waals surface area (Å²) in [6.45, 7) is 2.18. The fraction of sp³-hybridized carbons (Fsp3) is 0.250. The van der Waals surface area contributed by atoms with E-state index < -0.39 is 25.5 Å². The van der Waals surface area contributed by atoms with Gasteiger partial charge in [0, 0.05) is 18.1 Å². The van der Waals surface area contributed by atoms with Gasteiger partial charge in [-0.05, 0) is 19.1 Å². The zero-order valence-electron chi connectivity index (χ0n) is 11.9. The molecule has 1 aromatic carbocycles. The summed E-state index contributed by atoms with van der Waals surface area (Å²) < 4.78 is 23.1. The van der Waals surface area contributed by atoms with Crippen LogP contribution < -0.4 is 10.0 Å². The van der Waals surface area contributed by atoms with Crippen LogP contribution in [0, 0.1) is 17.0 Å². The third-order valence-corrected chi connectivity index (χ3v) is 4.81. The summed E-state index contributed by atoms with van der Waals surface area (Å²) >= 11 is 1.43. The Morgan fingerprint density at radius 1 is 1.45 bits per heavy atom. The van der Waals surface area contributed by atoms with Crippen molar-refractivity contribution in [3.05, 3.63) is 44.4 Å². The van der Waals surface area contributed by atoms with Crippen LogP contribution >= 0.6 is 11.3 Å². The molecule has 2 aromatic rings. The van der Waals surface area contributed by atoms with E-state index in [4.69, 9.17) is 5.14 Å². The lowest BCUT2D eigenvalue weighted by Gasteiger charge is -2.18. The quantitative estimate of drug-likeness (QED) is 0.651. The summed E-state index contributed by atoms with van der Waals surface area (Å²) in [7, 11) is -2.55. The second-order valence-electron chi connectivity index (χ2n) is 4.66. The Hall–Kier alpha value is -2.04. The van der Waals surface area contributed by atoms with E-state index in [1.165, 1.54) is 23.5 Å². The monoisotopic (exact) mass is 342 g/mol. The van der Waals surface area contributed by atoms with Gasteiger partial charge in [0.1, 0.15) is 10.7 Å². The van der Waals surface area contributed by atoms with Crippen molar-refractivity contribution in [2.75, 3.05) is 11.9 Å². The predicted molar refractivity (Wildman–Crippen MR) is 83.4 cm³/mol. The summed E-state index contributed by atoms with van der Waals surface area (Å²) in [6.07, 6.45) is 0. The number of aryl methyl sites for hydroxylation is 1. The summed E-state index contributed by atoms with van der Waals surface area (Å²) in [5.74, 6) is 0. The normalized spacial score (nSPS) is 11.4. The maximum Gasteiger partial charge on any atom is 0.312 e. The average molecular weight is 342 g/mol. The maximum atomic E-state index is 11.5. The molecule has 0 atom stereocenters. The van der Waals surface area contributed by atoms with Gasteiger partial charge in [-0.15, -0.1) is 11.3 Å². The molecule has 0 saturated heterocycles. The molecule has 0 unspecified atom stereocenters. The Morgan fingerprint density at radius 3 is 2.64 bits per heavy atom. The van der Waals surface area contributed by atoms with E-state index in [0.29, 0.717) is 6.54 Å². The van der Waals surface area contributed by atoms with Gasteiger partial charge in [-0.2, -0.15) is 0 Å². The van der Waals surface area contributed by atoms with Gasteiger partial charge in [0.25, 0.3) is 0 Å². The van der Waals surface area contributed by atoms with E-state index in [9.17, 15) is 18.5 Å². The van der Waals surface area contributed by atoms with Crippen LogP contribution in [0.1, 0.15) is 10.7 Å². The molecule has 1 heterocycles. The number of nitrogens with zero attached hydrogens (tertiary/aromatic N) is 3. The van der Waals surface area contributed by atoms with Crippen LogP contribution in [0.15, 0.2) is 28.5 Å². The smallest absolute Gasteiger partial charge is 0.312 e. The molecular formula is C12H14N4O4S2. The zero-order valence-corrected chi connectivity index (χ0v) is 13.5. The molecular weight excluding hydrogens is 328 g/mol. The number of hydrogen-bond acceptors (Lipinski definition) is 7. The number of sulfonamides is 1. The minimum Gasteiger partial charge on any atom is -0.362 e. The second kappa shape index (κ2) is 5.99. The number of anilines is 1. The molecule has 0 fully saturated rings. The molecule has 22 heavy (non-hydrogen) atoms. The standard InChI is InChI=1S/C12H14N4O4S2/c1-8-7-21-11(14-8)6-15(2)9-4-3-5-10(22(13,19)20)12(9)16(17)18/h3-5,7H,6H2,1-2H3,(H2,13,19,20). The first-order valence-corrected chi connectivity index (χ1v) is 8.55. The number of benzene rings is 1. The first kappa shape index (κ1) is 16.3. The number of nitrogens with two attached hydrogens (primary N) is 1. The topological polar surface area (TPSA) is 119 Å². The zero-order chi connectivity index (χ0) is 16.5. The number of thiazole rings is 1. The van der Waals surface area contributed by atoms with Crippen molar-refractivity contribution < 1.29 is 13.3 Å². The molecule has 0 aliphatic carbocycles. The van der Waals surface area contributed by atoms with Gasteiger partial charge in [0.2, 0.25) is 10.0 Å². The number of para-hydroxylation sites is 1. The van der Waals surface area contributed by atoms with Crippen LogP contribution in [0.25, 0.3) is 0 Å². The average Bonchev–Trinajstić information content (AvgIpc) is 2.82. The molecule has 0 saturated carbocycles. The van der Waals surface area contributed by atoms with Gasteiger partial charge in [-0.1, -0.05) is 6.07 Å². The Bertz CT molecular complexity index is 816. The number of primary sulfonamides is 1. The summed E-state index contributed by atoms with van der Waals surface area (Å²) in [4.78, 5) is 15.9. The molecule has 0 spiro atoms. The largest absolute Gasteiger partial charge is 0.362 e. The van der Waals surface area contributed by atoms with Gasteiger partial charge in [-0.25, -0.2) is 18.5 Å². The Balaban J connectivity index is 2.48. The van der Waals surface area contributed by atoms with Crippen molar-refractivity contribution in [3.63, 3.8) is 0 Å². The first-order chi connectivity index (χ1) is 10.2. The van der Waals surface area contributed by atoms with E-state index in [1.807, 2.05) is 12.3 Å². The molecule has 1 aromatic heterocycles. The van der Waals surface area contributed by atoms with Crippen molar-refractivity contribution in [1.82, 2.24) is 4.98 Å². The molecule has 0 bridgehead atoms. The minimum absolute atomic E-state index is 0.171. The van der Waals surface area contributed by atoms with Gasteiger partial charge in [-0.3, -0.25) is 10.1 Å². The van der Waals surface area contributed by atoms with Crippen LogP contribution in [0.2, 0.25) is 0 Å². The van der Waals surface area contributed by atoms with Crippen LogP contribution in [0.3, 0.4) is 0 Å². The van der Waals surface area contributed by atoms with Crippen molar-refractivity contribution in [3.8, 4) is 0 Å². The highest BCUT2D eigenvalue weighted by atomic mass is 32.2. The number of aromatic nitrogens is 1. The lowest BCUT2D eigenvalue weighted by atomic mass is 10.2.